The van der Waals surface area contributed by atoms with Crippen LogP contribution in [-0.2, 0) is 4.79 Å². The van der Waals surface area contributed by atoms with E-state index in [1.165, 1.54) is 4.90 Å². The third-order valence-corrected chi connectivity index (χ3v) is 4.57. The lowest BCUT2D eigenvalue weighted by Crippen LogP contribution is -2.32. The van der Waals surface area contributed by atoms with Gasteiger partial charge in [0.25, 0.3) is 5.91 Å². The first-order valence-electron chi connectivity index (χ1n) is 5.45. The van der Waals surface area contributed by atoms with E-state index in [4.69, 9.17) is 5.11 Å². The molecule has 1 amide bonds. The molecule has 2 aromatic rings. The third kappa shape index (κ3) is 1.85. The van der Waals surface area contributed by atoms with Crippen molar-refractivity contribution < 1.29 is 14.7 Å². The first kappa shape index (κ1) is 12.9. The van der Waals surface area contributed by atoms with Gasteiger partial charge in [-0.15, -0.1) is 0 Å². The van der Waals surface area contributed by atoms with Crippen molar-refractivity contribution in [3.8, 4) is 0 Å². The summed E-state index contributed by atoms with van der Waals surface area (Å²) in [5, 5.41) is 10.8. The molecule has 6 heteroatoms. The SMILES string of the molecule is O=C(O)CN1C(=O)c2cccc3c(I)cc(Br)c1c23. The van der Waals surface area contributed by atoms with Gasteiger partial charge in [0, 0.05) is 19.0 Å². The summed E-state index contributed by atoms with van der Waals surface area (Å²) in [4.78, 5) is 24.6. The van der Waals surface area contributed by atoms with E-state index in [0.717, 1.165) is 18.8 Å². The van der Waals surface area contributed by atoms with E-state index in [2.05, 4.69) is 38.5 Å². The van der Waals surface area contributed by atoms with Gasteiger partial charge in [0.15, 0.2) is 0 Å². The van der Waals surface area contributed by atoms with Gasteiger partial charge in [0.1, 0.15) is 6.54 Å². The van der Waals surface area contributed by atoms with E-state index < -0.39 is 5.97 Å². The van der Waals surface area contributed by atoms with Crippen molar-refractivity contribution in [3.63, 3.8) is 0 Å². The number of carboxylic acids is 1. The van der Waals surface area contributed by atoms with Crippen molar-refractivity contribution in [2.75, 3.05) is 11.4 Å². The lowest BCUT2D eigenvalue weighted by molar-refractivity contribution is -0.135. The molecule has 96 valence electrons. The van der Waals surface area contributed by atoms with E-state index in [0.29, 0.717) is 11.3 Å². The topological polar surface area (TPSA) is 57.6 Å². The summed E-state index contributed by atoms with van der Waals surface area (Å²) in [6.07, 6.45) is 0. The Morgan fingerprint density at radius 3 is 2.84 bits per heavy atom. The third-order valence-electron chi connectivity index (χ3n) is 3.08. The summed E-state index contributed by atoms with van der Waals surface area (Å²) < 4.78 is 1.76. The van der Waals surface area contributed by atoms with Gasteiger partial charge in [-0.25, -0.2) is 0 Å². The molecule has 0 atom stereocenters. The van der Waals surface area contributed by atoms with E-state index in [-0.39, 0.29) is 12.5 Å². The highest BCUT2D eigenvalue weighted by atomic mass is 127. The first-order valence-corrected chi connectivity index (χ1v) is 7.32. The molecule has 0 bridgehead atoms. The fourth-order valence-electron chi connectivity index (χ4n) is 2.36. The monoisotopic (exact) mass is 431 g/mol. The zero-order valence-electron chi connectivity index (χ0n) is 9.48. The highest BCUT2D eigenvalue weighted by Gasteiger charge is 2.33. The summed E-state index contributed by atoms with van der Waals surface area (Å²) >= 11 is 5.64. The van der Waals surface area contributed by atoms with Gasteiger partial charge in [-0.3, -0.25) is 14.5 Å². The van der Waals surface area contributed by atoms with Crippen LogP contribution in [0.1, 0.15) is 10.4 Å². The molecule has 1 aliphatic heterocycles. The lowest BCUT2D eigenvalue weighted by Gasteiger charge is -2.16. The smallest absolute Gasteiger partial charge is 0.323 e. The second-order valence-electron chi connectivity index (χ2n) is 4.20. The van der Waals surface area contributed by atoms with Crippen LogP contribution < -0.4 is 4.90 Å². The number of carbonyl (C=O) groups excluding carboxylic acids is 1. The van der Waals surface area contributed by atoms with Crippen LogP contribution in [0, 0.1) is 3.57 Å². The van der Waals surface area contributed by atoms with Gasteiger partial charge in [0.05, 0.1) is 5.69 Å². The second-order valence-corrected chi connectivity index (χ2v) is 6.22. The maximum Gasteiger partial charge on any atom is 0.323 e. The fraction of sp³-hybridized carbons (Fsp3) is 0.0769. The Hall–Kier alpha value is -1.15. The number of carboxylic acid groups (broad SMARTS) is 1. The fourth-order valence-corrected chi connectivity index (χ4v) is 4.19. The number of hydrogen-bond acceptors (Lipinski definition) is 2. The Kier molecular flexibility index (Phi) is 3.01. The number of nitrogens with zero attached hydrogens (tertiary/aromatic N) is 1. The van der Waals surface area contributed by atoms with Gasteiger partial charge < -0.3 is 5.11 Å². The number of aliphatic carboxylic acids is 1. The Morgan fingerprint density at radius 1 is 1.42 bits per heavy atom. The van der Waals surface area contributed by atoms with E-state index >= 15 is 0 Å². The second kappa shape index (κ2) is 4.45. The molecule has 3 rings (SSSR count). The van der Waals surface area contributed by atoms with Gasteiger partial charge in [-0.1, -0.05) is 12.1 Å². The quantitative estimate of drug-likeness (QED) is 0.742. The van der Waals surface area contributed by atoms with Crippen molar-refractivity contribution in [2.24, 2.45) is 0 Å². The first-order chi connectivity index (χ1) is 9.00. The maximum atomic E-state index is 12.3. The van der Waals surface area contributed by atoms with Crippen LogP contribution in [-0.4, -0.2) is 23.5 Å². The van der Waals surface area contributed by atoms with Crippen LogP contribution in [0.3, 0.4) is 0 Å². The number of anilines is 1. The highest BCUT2D eigenvalue weighted by molar-refractivity contribution is 14.1. The molecule has 0 radical (unpaired) electrons. The van der Waals surface area contributed by atoms with Gasteiger partial charge in [0.2, 0.25) is 0 Å². The Morgan fingerprint density at radius 2 is 2.16 bits per heavy atom. The Labute approximate surface area is 130 Å². The Balaban J connectivity index is 2.37. The molecule has 0 aliphatic carbocycles. The van der Waals surface area contributed by atoms with Crippen molar-refractivity contribution in [1.82, 2.24) is 0 Å². The summed E-state index contributed by atoms with van der Waals surface area (Å²) in [6, 6.07) is 7.39. The molecule has 2 aromatic carbocycles. The summed E-state index contributed by atoms with van der Waals surface area (Å²) in [5.41, 5.74) is 1.21. The van der Waals surface area contributed by atoms with Crippen LogP contribution in [0.4, 0.5) is 5.69 Å². The van der Waals surface area contributed by atoms with Gasteiger partial charge in [-0.2, -0.15) is 0 Å². The standard InChI is InChI=1S/C13H7BrINO3/c14-8-4-9(15)6-2-1-3-7-11(6)12(8)16(13(7)19)5-10(17)18/h1-4H,5H2,(H,17,18). The number of rotatable bonds is 2. The molecule has 0 saturated heterocycles. The number of hydrogen-bond donors (Lipinski definition) is 1. The van der Waals surface area contributed by atoms with Crippen LogP contribution in [0.25, 0.3) is 10.8 Å². The molecule has 1 aliphatic rings. The van der Waals surface area contributed by atoms with Crippen LogP contribution in [0.15, 0.2) is 28.7 Å². The Bertz CT molecular complexity index is 744. The molecule has 4 nitrogen and oxygen atoms in total. The number of amides is 1. The predicted octanol–water partition coefficient (Wildman–Crippen LogP) is 3.25. The van der Waals surface area contributed by atoms with Crippen molar-refractivity contribution in [2.45, 2.75) is 0 Å². The molecule has 1 heterocycles. The van der Waals surface area contributed by atoms with Crippen molar-refractivity contribution in [3.05, 3.63) is 37.9 Å². The molecule has 0 aromatic heterocycles. The van der Waals surface area contributed by atoms with Crippen molar-refractivity contribution in [1.29, 1.82) is 0 Å². The minimum absolute atomic E-state index is 0.259. The minimum Gasteiger partial charge on any atom is -0.480 e. The van der Waals surface area contributed by atoms with Crippen LogP contribution >= 0.6 is 38.5 Å². The van der Waals surface area contributed by atoms with Gasteiger partial charge in [-0.05, 0) is 56.0 Å². The normalized spacial score (nSPS) is 13.4. The van der Waals surface area contributed by atoms with E-state index in [9.17, 15) is 9.59 Å². The van der Waals surface area contributed by atoms with Gasteiger partial charge >= 0.3 is 5.97 Å². The van der Waals surface area contributed by atoms with Crippen LogP contribution in [0.5, 0.6) is 0 Å². The van der Waals surface area contributed by atoms with E-state index in [1.807, 2.05) is 18.2 Å². The summed E-state index contributed by atoms with van der Waals surface area (Å²) in [6.45, 7) is -0.332. The lowest BCUT2D eigenvalue weighted by atomic mass is 10.1. The molecular formula is C13H7BrINO3. The summed E-state index contributed by atoms with van der Waals surface area (Å²) in [7, 11) is 0. The highest BCUT2D eigenvalue weighted by Crippen LogP contribution is 2.44. The molecular weight excluding hydrogens is 425 g/mol. The number of benzene rings is 2. The largest absolute Gasteiger partial charge is 0.480 e. The average Bonchev–Trinajstić information content (AvgIpc) is 2.61. The van der Waals surface area contributed by atoms with Crippen molar-refractivity contribution >= 4 is 66.9 Å². The average molecular weight is 432 g/mol. The minimum atomic E-state index is -1.03. The molecule has 19 heavy (non-hydrogen) atoms. The molecule has 0 spiro atoms. The molecule has 0 unspecified atom stereocenters. The maximum absolute atomic E-state index is 12.3. The van der Waals surface area contributed by atoms with Crippen LogP contribution in [0.2, 0.25) is 0 Å². The van der Waals surface area contributed by atoms with E-state index in [1.54, 1.807) is 6.07 Å². The molecule has 0 saturated carbocycles. The predicted molar refractivity (Wildman–Crippen MR) is 83.7 cm³/mol. The number of halogens is 2. The molecule has 1 N–H and O–H groups in total. The zero-order valence-corrected chi connectivity index (χ0v) is 13.2. The molecule has 0 fully saturated rings. The summed E-state index contributed by atoms with van der Waals surface area (Å²) in [5.74, 6) is -1.29. The number of carbonyl (C=O) groups is 2. The zero-order chi connectivity index (χ0) is 13.7.